The van der Waals surface area contributed by atoms with Crippen molar-refractivity contribution in [3.05, 3.63) is 22.9 Å². The number of hydrogen-bond acceptors (Lipinski definition) is 4. The van der Waals surface area contributed by atoms with Crippen LogP contribution in [0.4, 0.5) is 5.82 Å². The molecule has 0 spiro atoms. The Balaban J connectivity index is 1.94. The Kier molecular flexibility index (Phi) is 3.16. The first-order chi connectivity index (χ1) is 9.19. The Morgan fingerprint density at radius 2 is 2.32 bits per heavy atom. The first-order valence-corrected chi connectivity index (χ1v) is 7.12. The lowest BCUT2D eigenvalue weighted by atomic mass is 9.94. The molecule has 100 valence electrons. The number of rotatable bonds is 1. The average Bonchev–Trinajstić information content (AvgIpc) is 2.87. The fourth-order valence-electron chi connectivity index (χ4n) is 3.08. The van der Waals surface area contributed by atoms with Gasteiger partial charge in [0.25, 0.3) is 0 Å². The molecule has 1 fully saturated rings. The molecule has 2 aliphatic rings. The molecule has 1 aromatic heterocycles. The van der Waals surface area contributed by atoms with E-state index in [1.165, 1.54) is 11.3 Å². The van der Waals surface area contributed by atoms with Crippen molar-refractivity contribution in [3.8, 4) is 6.07 Å². The second-order valence-corrected chi connectivity index (χ2v) is 5.81. The van der Waals surface area contributed by atoms with Crippen LogP contribution in [0.1, 0.15) is 36.6 Å². The minimum absolute atomic E-state index is 0.176. The molecule has 2 heterocycles. The number of anilines is 1. The van der Waals surface area contributed by atoms with Gasteiger partial charge in [-0.05, 0) is 43.2 Å². The zero-order valence-electron chi connectivity index (χ0n) is 11.4. The lowest BCUT2D eigenvalue weighted by molar-refractivity contribution is 0.378. The molecule has 19 heavy (non-hydrogen) atoms. The third-order valence-electron chi connectivity index (χ3n) is 4.47. The molecule has 2 N–H and O–H groups in total. The summed E-state index contributed by atoms with van der Waals surface area (Å²) in [6.07, 6.45) is 4.34. The van der Waals surface area contributed by atoms with E-state index in [9.17, 15) is 5.26 Å². The summed E-state index contributed by atoms with van der Waals surface area (Å²) in [6, 6.07) is 4.52. The Labute approximate surface area is 114 Å². The van der Waals surface area contributed by atoms with Crippen molar-refractivity contribution < 1.29 is 0 Å². The Morgan fingerprint density at radius 1 is 1.47 bits per heavy atom. The second-order valence-electron chi connectivity index (χ2n) is 5.81. The largest absolute Gasteiger partial charge is 0.354 e. The number of nitrogens with zero attached hydrogens (tertiary/aromatic N) is 3. The monoisotopic (exact) mass is 256 g/mol. The standard InChI is InChI=1S/C15H20N4/c1-10-5-6-19(9-13(10)17)15-12(8-16)7-11-3-2-4-14(11)18-15/h7,10,13H,2-6,9,17H2,1H3. The second kappa shape index (κ2) is 4.82. The van der Waals surface area contributed by atoms with Crippen LogP contribution < -0.4 is 10.6 Å². The van der Waals surface area contributed by atoms with E-state index in [0.29, 0.717) is 11.5 Å². The van der Waals surface area contributed by atoms with Crippen molar-refractivity contribution in [2.75, 3.05) is 18.0 Å². The quantitative estimate of drug-likeness (QED) is 0.829. The van der Waals surface area contributed by atoms with Crippen LogP contribution >= 0.6 is 0 Å². The van der Waals surface area contributed by atoms with Gasteiger partial charge in [-0.3, -0.25) is 0 Å². The number of aryl methyl sites for hydroxylation is 2. The summed E-state index contributed by atoms with van der Waals surface area (Å²) in [7, 11) is 0. The van der Waals surface area contributed by atoms with Crippen LogP contribution in [0.3, 0.4) is 0 Å². The third-order valence-corrected chi connectivity index (χ3v) is 4.47. The zero-order chi connectivity index (χ0) is 13.4. The normalized spacial score (nSPS) is 26.1. The molecule has 0 radical (unpaired) electrons. The van der Waals surface area contributed by atoms with Gasteiger partial charge in [0.15, 0.2) is 0 Å². The minimum atomic E-state index is 0.176. The van der Waals surface area contributed by atoms with Crippen molar-refractivity contribution >= 4 is 5.82 Å². The Bertz CT molecular complexity index is 532. The molecule has 4 nitrogen and oxygen atoms in total. The smallest absolute Gasteiger partial charge is 0.146 e. The number of nitrogens with two attached hydrogens (primary N) is 1. The molecular weight excluding hydrogens is 236 g/mol. The SMILES string of the molecule is CC1CCN(c2nc3c(cc2C#N)CCC3)CC1N. The highest BCUT2D eigenvalue weighted by molar-refractivity contribution is 5.57. The van der Waals surface area contributed by atoms with Gasteiger partial charge < -0.3 is 10.6 Å². The van der Waals surface area contributed by atoms with E-state index < -0.39 is 0 Å². The first kappa shape index (κ1) is 12.4. The van der Waals surface area contributed by atoms with E-state index in [0.717, 1.165) is 44.6 Å². The zero-order valence-corrected chi connectivity index (χ0v) is 11.4. The van der Waals surface area contributed by atoms with Gasteiger partial charge in [0.1, 0.15) is 11.9 Å². The van der Waals surface area contributed by atoms with Gasteiger partial charge in [-0.2, -0.15) is 5.26 Å². The molecular formula is C15H20N4. The van der Waals surface area contributed by atoms with Crippen LogP contribution in [0.5, 0.6) is 0 Å². The van der Waals surface area contributed by atoms with Crippen LogP contribution in [0, 0.1) is 17.2 Å². The predicted octanol–water partition coefficient (Wildman–Crippen LogP) is 1.62. The molecule has 2 unspecified atom stereocenters. The van der Waals surface area contributed by atoms with Crippen LogP contribution in [-0.2, 0) is 12.8 Å². The number of aromatic nitrogens is 1. The molecule has 1 aliphatic carbocycles. The van der Waals surface area contributed by atoms with E-state index in [1.54, 1.807) is 0 Å². The number of fused-ring (bicyclic) bond motifs is 1. The summed E-state index contributed by atoms with van der Waals surface area (Å²) < 4.78 is 0. The van der Waals surface area contributed by atoms with Gasteiger partial charge in [-0.25, -0.2) is 4.98 Å². The van der Waals surface area contributed by atoms with Gasteiger partial charge in [0, 0.05) is 24.8 Å². The molecule has 2 atom stereocenters. The van der Waals surface area contributed by atoms with Gasteiger partial charge in [0.2, 0.25) is 0 Å². The highest BCUT2D eigenvalue weighted by Gasteiger charge is 2.27. The lowest BCUT2D eigenvalue weighted by Gasteiger charge is -2.36. The van der Waals surface area contributed by atoms with Crippen LogP contribution in [-0.4, -0.2) is 24.1 Å². The molecule has 0 aromatic carbocycles. The van der Waals surface area contributed by atoms with Crippen molar-refractivity contribution in [1.82, 2.24) is 4.98 Å². The maximum absolute atomic E-state index is 9.35. The Hall–Kier alpha value is -1.60. The van der Waals surface area contributed by atoms with Crippen LogP contribution in [0.15, 0.2) is 6.07 Å². The van der Waals surface area contributed by atoms with Crippen molar-refractivity contribution in [2.24, 2.45) is 11.7 Å². The molecule has 0 saturated carbocycles. The maximum atomic E-state index is 9.35. The molecule has 4 heteroatoms. The summed E-state index contributed by atoms with van der Waals surface area (Å²) in [4.78, 5) is 6.95. The fourth-order valence-corrected chi connectivity index (χ4v) is 3.08. The van der Waals surface area contributed by atoms with E-state index >= 15 is 0 Å². The number of hydrogen-bond donors (Lipinski definition) is 1. The van der Waals surface area contributed by atoms with Gasteiger partial charge >= 0.3 is 0 Å². The molecule has 0 amide bonds. The summed E-state index contributed by atoms with van der Waals surface area (Å²) in [6.45, 7) is 3.96. The van der Waals surface area contributed by atoms with E-state index in [-0.39, 0.29) is 6.04 Å². The molecule has 1 saturated heterocycles. The van der Waals surface area contributed by atoms with Crippen LogP contribution in [0.2, 0.25) is 0 Å². The molecule has 1 aromatic rings. The fraction of sp³-hybridized carbons (Fsp3) is 0.600. The van der Waals surface area contributed by atoms with Crippen LogP contribution in [0.25, 0.3) is 0 Å². The van der Waals surface area contributed by atoms with Crippen molar-refractivity contribution in [1.29, 1.82) is 5.26 Å². The summed E-state index contributed by atoms with van der Waals surface area (Å²) in [5.74, 6) is 1.40. The molecule has 3 rings (SSSR count). The van der Waals surface area contributed by atoms with E-state index in [1.807, 2.05) is 6.07 Å². The van der Waals surface area contributed by atoms with Crippen molar-refractivity contribution in [2.45, 2.75) is 38.6 Å². The van der Waals surface area contributed by atoms with Gasteiger partial charge in [-0.15, -0.1) is 0 Å². The van der Waals surface area contributed by atoms with Crippen molar-refractivity contribution in [3.63, 3.8) is 0 Å². The Morgan fingerprint density at radius 3 is 3.05 bits per heavy atom. The first-order valence-electron chi connectivity index (χ1n) is 7.12. The topological polar surface area (TPSA) is 65.9 Å². The molecule has 1 aliphatic heterocycles. The highest BCUT2D eigenvalue weighted by Crippen LogP contribution is 2.29. The number of nitriles is 1. The number of piperidine rings is 1. The van der Waals surface area contributed by atoms with Gasteiger partial charge in [0.05, 0.1) is 5.56 Å². The lowest BCUT2D eigenvalue weighted by Crippen LogP contribution is -2.48. The highest BCUT2D eigenvalue weighted by atomic mass is 15.2. The number of pyridine rings is 1. The summed E-state index contributed by atoms with van der Waals surface area (Å²) in [5, 5.41) is 9.35. The van der Waals surface area contributed by atoms with E-state index in [2.05, 4.69) is 17.9 Å². The maximum Gasteiger partial charge on any atom is 0.146 e. The minimum Gasteiger partial charge on any atom is -0.354 e. The third kappa shape index (κ3) is 2.19. The average molecular weight is 256 g/mol. The molecule has 0 bridgehead atoms. The van der Waals surface area contributed by atoms with Gasteiger partial charge in [-0.1, -0.05) is 6.92 Å². The summed E-state index contributed by atoms with van der Waals surface area (Å²) in [5.41, 5.74) is 9.31. The predicted molar refractivity (Wildman–Crippen MR) is 74.9 cm³/mol. The van der Waals surface area contributed by atoms with E-state index in [4.69, 9.17) is 10.7 Å². The summed E-state index contributed by atoms with van der Waals surface area (Å²) >= 11 is 0.